The number of fused-ring (bicyclic) bond motifs is 2. The fraction of sp³-hybridized carbons (Fsp3) is 0. The van der Waals surface area contributed by atoms with Gasteiger partial charge in [0, 0.05) is 12.3 Å². The number of hydrogen-bond acceptors (Lipinski definition) is 6. The molecule has 3 rings (SSSR count). The Morgan fingerprint density at radius 3 is 2.56 bits per heavy atom. The molecular weight excluding hydrogens is 258 g/mol. The first-order valence-corrected chi connectivity index (χ1v) is 6.33. The topological polar surface area (TPSA) is 74.7 Å². The van der Waals surface area contributed by atoms with Gasteiger partial charge in [0.25, 0.3) is 5.88 Å². The van der Waals surface area contributed by atoms with Crippen molar-refractivity contribution in [3.8, 4) is 23.1 Å². The first-order valence-electron chi connectivity index (χ1n) is 5.00. The smallest absolute Gasteiger partial charge is 0.448 e. The molecule has 0 aliphatic carbocycles. The third kappa shape index (κ3) is 1.95. The van der Waals surface area contributed by atoms with E-state index < -0.39 is 10.4 Å². The predicted molar refractivity (Wildman–Crippen MR) is 60.9 cm³/mol. The Morgan fingerprint density at radius 2 is 1.83 bits per heavy atom. The molecule has 0 N–H and O–H groups in total. The van der Waals surface area contributed by atoms with Gasteiger partial charge in [0.05, 0.1) is 0 Å². The SMILES string of the molecule is O=S1(=O)Oc2ccnc(c2Oc2ccccc2)O1. The van der Waals surface area contributed by atoms with Crippen molar-refractivity contribution < 1.29 is 21.5 Å². The van der Waals surface area contributed by atoms with Crippen molar-refractivity contribution in [2.24, 2.45) is 0 Å². The maximum atomic E-state index is 11.2. The Kier molecular flexibility index (Phi) is 2.34. The second-order valence-electron chi connectivity index (χ2n) is 3.43. The van der Waals surface area contributed by atoms with Crippen LogP contribution in [0.4, 0.5) is 0 Å². The highest BCUT2D eigenvalue weighted by Gasteiger charge is 2.30. The van der Waals surface area contributed by atoms with Crippen LogP contribution in [0, 0.1) is 0 Å². The molecule has 2 bridgehead atoms. The highest BCUT2D eigenvalue weighted by atomic mass is 32.3. The summed E-state index contributed by atoms with van der Waals surface area (Å²) >= 11 is 0. The Balaban J connectivity index is 2.02. The van der Waals surface area contributed by atoms with Crippen LogP contribution in [0.5, 0.6) is 23.1 Å². The van der Waals surface area contributed by atoms with Crippen LogP contribution in [0.15, 0.2) is 42.6 Å². The summed E-state index contributed by atoms with van der Waals surface area (Å²) in [7, 11) is -4.09. The van der Waals surface area contributed by atoms with Crippen LogP contribution < -0.4 is 13.1 Å². The first kappa shape index (κ1) is 10.8. The summed E-state index contributed by atoms with van der Waals surface area (Å²) in [6.45, 7) is 0. The van der Waals surface area contributed by atoms with E-state index in [-0.39, 0.29) is 17.4 Å². The first-order chi connectivity index (χ1) is 8.64. The molecule has 7 heteroatoms. The molecule has 1 aliphatic rings. The number of hydrogen-bond donors (Lipinski definition) is 0. The summed E-state index contributed by atoms with van der Waals surface area (Å²) in [5.41, 5.74) is 0. The Labute approximate surface area is 103 Å². The van der Waals surface area contributed by atoms with Gasteiger partial charge in [0.2, 0.25) is 5.75 Å². The Morgan fingerprint density at radius 1 is 1.06 bits per heavy atom. The van der Waals surface area contributed by atoms with Crippen LogP contribution in [-0.2, 0) is 10.4 Å². The lowest BCUT2D eigenvalue weighted by Crippen LogP contribution is -2.21. The van der Waals surface area contributed by atoms with Crippen molar-refractivity contribution >= 4 is 10.4 Å². The van der Waals surface area contributed by atoms with Crippen LogP contribution in [-0.4, -0.2) is 13.4 Å². The molecule has 0 saturated heterocycles. The number of ether oxygens (including phenoxy) is 1. The van der Waals surface area contributed by atoms with Gasteiger partial charge in [0.1, 0.15) is 5.75 Å². The molecule has 6 nitrogen and oxygen atoms in total. The summed E-state index contributed by atoms with van der Waals surface area (Å²) < 4.78 is 37.2. The van der Waals surface area contributed by atoms with Gasteiger partial charge in [-0.3, -0.25) is 0 Å². The van der Waals surface area contributed by atoms with E-state index in [9.17, 15) is 8.42 Å². The fourth-order valence-electron chi connectivity index (χ4n) is 1.46. The van der Waals surface area contributed by atoms with Gasteiger partial charge in [-0.1, -0.05) is 18.2 Å². The fourth-order valence-corrected chi connectivity index (χ4v) is 2.16. The monoisotopic (exact) mass is 265 g/mol. The van der Waals surface area contributed by atoms with E-state index in [2.05, 4.69) is 13.4 Å². The van der Waals surface area contributed by atoms with Crippen molar-refractivity contribution in [3.05, 3.63) is 42.6 Å². The summed E-state index contributed by atoms with van der Waals surface area (Å²) in [6, 6.07) is 10.2. The largest absolute Gasteiger partial charge is 0.502 e. The summed E-state index contributed by atoms with van der Waals surface area (Å²) in [4.78, 5) is 3.79. The maximum Gasteiger partial charge on any atom is 0.502 e. The molecule has 2 aromatic rings. The predicted octanol–water partition coefficient (Wildman–Crippen LogP) is 1.89. The van der Waals surface area contributed by atoms with Crippen molar-refractivity contribution in [2.75, 3.05) is 0 Å². The molecule has 0 saturated carbocycles. The minimum atomic E-state index is -4.09. The zero-order chi connectivity index (χ0) is 12.6. The molecule has 0 atom stereocenters. The van der Waals surface area contributed by atoms with Gasteiger partial charge < -0.3 is 13.1 Å². The maximum absolute atomic E-state index is 11.2. The number of rotatable bonds is 2. The van der Waals surface area contributed by atoms with E-state index >= 15 is 0 Å². The van der Waals surface area contributed by atoms with Crippen molar-refractivity contribution in [3.63, 3.8) is 0 Å². The Hall–Kier alpha value is -2.28. The van der Waals surface area contributed by atoms with Gasteiger partial charge in [-0.05, 0) is 12.1 Å². The second kappa shape index (κ2) is 3.88. The average Bonchev–Trinajstić information content (AvgIpc) is 2.31. The van der Waals surface area contributed by atoms with Gasteiger partial charge in [-0.2, -0.15) is 0 Å². The number of aromatic nitrogens is 1. The zero-order valence-corrected chi connectivity index (χ0v) is 9.75. The third-order valence-electron chi connectivity index (χ3n) is 2.17. The van der Waals surface area contributed by atoms with E-state index in [0.29, 0.717) is 5.75 Å². The average molecular weight is 265 g/mol. The number of benzene rings is 1. The molecule has 92 valence electrons. The molecule has 0 fully saturated rings. The van der Waals surface area contributed by atoms with Crippen LogP contribution >= 0.6 is 0 Å². The molecule has 18 heavy (non-hydrogen) atoms. The van der Waals surface area contributed by atoms with Crippen molar-refractivity contribution in [1.29, 1.82) is 0 Å². The van der Waals surface area contributed by atoms with Crippen LogP contribution in [0.25, 0.3) is 0 Å². The summed E-state index contributed by atoms with van der Waals surface area (Å²) in [6.07, 6.45) is 1.37. The molecule has 2 heterocycles. The quantitative estimate of drug-likeness (QED) is 0.825. The summed E-state index contributed by atoms with van der Waals surface area (Å²) in [5, 5.41) is 0. The minimum Gasteiger partial charge on any atom is -0.448 e. The molecule has 0 unspecified atom stereocenters. The van der Waals surface area contributed by atoms with E-state index in [4.69, 9.17) is 4.74 Å². The standard InChI is InChI=1S/C11H7NO5S/c13-18(14)16-9-6-7-12-11(17-18)10(9)15-8-4-2-1-3-5-8/h1-7H. The Bertz CT molecular complexity index is 654. The molecular formula is C11H7NO5S. The van der Waals surface area contributed by atoms with Crippen LogP contribution in [0.1, 0.15) is 0 Å². The normalized spacial score (nSPS) is 15.3. The summed E-state index contributed by atoms with van der Waals surface area (Å²) in [5.74, 6) is 0.579. The van der Waals surface area contributed by atoms with Crippen LogP contribution in [0.3, 0.4) is 0 Å². The molecule has 0 spiro atoms. The third-order valence-corrected chi connectivity index (χ3v) is 2.92. The number of para-hydroxylation sites is 1. The van der Waals surface area contributed by atoms with Gasteiger partial charge in [0.15, 0.2) is 5.75 Å². The second-order valence-corrected chi connectivity index (χ2v) is 4.58. The highest BCUT2D eigenvalue weighted by Crippen LogP contribution is 2.42. The van der Waals surface area contributed by atoms with Crippen LogP contribution in [0.2, 0.25) is 0 Å². The van der Waals surface area contributed by atoms with E-state index in [0.717, 1.165) is 0 Å². The lowest BCUT2D eigenvalue weighted by molar-refractivity contribution is 0.335. The number of pyridine rings is 1. The van der Waals surface area contributed by atoms with Gasteiger partial charge in [-0.25, -0.2) is 4.98 Å². The van der Waals surface area contributed by atoms with E-state index in [1.165, 1.54) is 12.3 Å². The molecule has 0 amide bonds. The van der Waals surface area contributed by atoms with Crippen molar-refractivity contribution in [2.45, 2.75) is 0 Å². The lowest BCUT2D eigenvalue weighted by atomic mass is 10.3. The van der Waals surface area contributed by atoms with E-state index in [1.54, 1.807) is 24.3 Å². The van der Waals surface area contributed by atoms with Gasteiger partial charge in [-0.15, -0.1) is 8.42 Å². The number of nitrogens with zero attached hydrogens (tertiary/aromatic N) is 1. The molecule has 1 aromatic heterocycles. The molecule has 1 aromatic carbocycles. The molecule has 1 aliphatic heterocycles. The lowest BCUT2D eigenvalue weighted by Gasteiger charge is -2.18. The highest BCUT2D eigenvalue weighted by molar-refractivity contribution is 7.82. The van der Waals surface area contributed by atoms with Gasteiger partial charge >= 0.3 is 10.4 Å². The zero-order valence-electron chi connectivity index (χ0n) is 8.94. The van der Waals surface area contributed by atoms with Crippen molar-refractivity contribution in [1.82, 2.24) is 4.98 Å². The molecule has 0 radical (unpaired) electrons. The van der Waals surface area contributed by atoms with E-state index in [1.807, 2.05) is 6.07 Å². The minimum absolute atomic E-state index is 0.0510.